The minimum atomic E-state index is -4.53. The van der Waals surface area contributed by atoms with Crippen LogP contribution in [0, 0.1) is 18.3 Å². The summed E-state index contributed by atoms with van der Waals surface area (Å²) in [6.07, 6.45) is 4.49. The number of sulfonamides is 1. The fraction of sp³-hybridized carbons (Fsp3) is 0.667. The van der Waals surface area contributed by atoms with Crippen LogP contribution < -0.4 is 24.8 Å². The topological polar surface area (TPSA) is 165 Å². The summed E-state index contributed by atoms with van der Waals surface area (Å²) in [6.45, 7) is 2.69. The van der Waals surface area contributed by atoms with Crippen LogP contribution in [0.25, 0.3) is 10.9 Å². The van der Waals surface area contributed by atoms with Gasteiger partial charge in [-0.2, -0.15) is 13.2 Å². The number of halogens is 3. The number of rotatable bonds is 8. The van der Waals surface area contributed by atoms with Gasteiger partial charge >= 0.3 is 12.3 Å². The number of allylic oxidation sites excluding steroid dienone is 1. The molecule has 1 spiro atoms. The Hall–Kier alpha value is -4.12. The highest BCUT2D eigenvalue weighted by molar-refractivity contribution is 7.91. The van der Waals surface area contributed by atoms with Gasteiger partial charge in [0.1, 0.15) is 41.2 Å². The number of alkyl halides is 3. The fourth-order valence-corrected chi connectivity index (χ4v) is 10.7. The Balaban J connectivity index is 1.11. The number of alkyl carbamates (subject to hydrolysis) is 1. The van der Waals surface area contributed by atoms with Crippen molar-refractivity contribution in [2.24, 2.45) is 11.3 Å². The Kier molecular flexibility index (Phi) is 10.7. The number of hydrogen-bond donors (Lipinski definition) is 3. The molecule has 59 heavy (non-hydrogen) atoms. The van der Waals surface area contributed by atoms with Gasteiger partial charge in [-0.3, -0.25) is 9.59 Å². The number of carbonyl (C=O) groups excluding carboxylic acids is 3. The molecular weight excluding hydrogens is 792 g/mol. The van der Waals surface area contributed by atoms with Gasteiger partial charge in [0.05, 0.1) is 35.2 Å². The molecule has 3 N–H and O–H groups in total. The maximum absolute atomic E-state index is 14.8. The molecule has 5 atom stereocenters. The van der Waals surface area contributed by atoms with E-state index in [2.05, 4.69) is 21.4 Å². The van der Waals surface area contributed by atoms with Gasteiger partial charge in [-0.25, -0.2) is 22.9 Å². The quantitative estimate of drug-likeness (QED) is 0.274. The molecule has 1 saturated heterocycles. The molecule has 3 saturated carbocycles. The monoisotopic (exact) mass is 845 g/mol. The number of aryl methyl sites for hydroxylation is 2. The van der Waals surface area contributed by atoms with Gasteiger partial charge in [-0.15, -0.1) is 0 Å². The average Bonchev–Trinajstić information content (AvgIpc) is 4.12. The normalized spacial score (nSPS) is 30.1. The van der Waals surface area contributed by atoms with Crippen molar-refractivity contribution in [2.75, 3.05) is 26.8 Å². The molecule has 1 aromatic heterocycles. The lowest BCUT2D eigenvalue weighted by Gasteiger charge is -2.50. The lowest BCUT2D eigenvalue weighted by Crippen LogP contribution is -2.67. The number of hydrogen-bond acceptors (Lipinski definition) is 9. The van der Waals surface area contributed by atoms with Gasteiger partial charge < -0.3 is 29.7 Å². The van der Waals surface area contributed by atoms with E-state index in [0.717, 1.165) is 29.3 Å². The second-order valence-electron chi connectivity index (χ2n) is 18.0. The van der Waals surface area contributed by atoms with Crippen molar-refractivity contribution in [3.8, 4) is 11.5 Å². The zero-order valence-corrected chi connectivity index (χ0v) is 34.7. The molecule has 13 nitrogen and oxygen atoms in total. The van der Waals surface area contributed by atoms with Crippen molar-refractivity contribution < 1.29 is 50.2 Å². The minimum Gasteiger partial charge on any atom is -0.497 e. The summed E-state index contributed by atoms with van der Waals surface area (Å²) < 4.78 is 87.2. The van der Waals surface area contributed by atoms with Crippen LogP contribution in [0.15, 0.2) is 30.4 Å². The third-order valence-electron chi connectivity index (χ3n) is 14.0. The average molecular weight is 846 g/mol. The molecule has 4 heterocycles. The van der Waals surface area contributed by atoms with Crippen LogP contribution >= 0.6 is 0 Å². The molecule has 322 valence electrons. The van der Waals surface area contributed by atoms with Crippen molar-refractivity contribution >= 4 is 38.8 Å². The van der Waals surface area contributed by atoms with Crippen molar-refractivity contribution in [2.45, 2.75) is 138 Å². The Labute approximate surface area is 342 Å². The Morgan fingerprint density at radius 1 is 1.08 bits per heavy atom. The summed E-state index contributed by atoms with van der Waals surface area (Å²) in [4.78, 5) is 49.0. The molecule has 0 bridgehead atoms. The van der Waals surface area contributed by atoms with Gasteiger partial charge in [-0.1, -0.05) is 25.0 Å². The summed E-state index contributed by atoms with van der Waals surface area (Å²) >= 11 is 0. The summed E-state index contributed by atoms with van der Waals surface area (Å²) in [6, 6.07) is 3.36. The summed E-state index contributed by atoms with van der Waals surface area (Å²) in [7, 11) is -2.09. The number of ether oxygens (including phenoxy) is 3. The number of pyridine rings is 1. The van der Waals surface area contributed by atoms with Gasteiger partial charge in [0.2, 0.25) is 21.8 Å². The number of fused-ring (bicyclic) bond motifs is 5. The first-order chi connectivity index (χ1) is 27.9. The first-order valence-electron chi connectivity index (χ1n) is 20.9. The standard InChI is InChI=1S/C42H54F3N5O8S/c1-26-34-29(30-21-28(56-3)11-12-31(30)47-26)14-15-40(58-34)22-33-35(51)49-41(23-46-59(54,55)38(2)17-18-38)16-13-27(41)9-7-5-4-6-8-10-32(36(52)50(33)24-40)48-37(53)57-25-39(19-20-39)42(43,44)45/h7,9,11-12,21,27,32-33,46H,4-6,8,10,13-20,22-25H2,1-3H3,(H,48,53)(H,49,51). The highest BCUT2D eigenvalue weighted by Gasteiger charge is 2.64. The number of carbonyl (C=O) groups is 3. The first kappa shape index (κ1) is 41.6. The number of nitrogens with zero attached hydrogens (tertiary/aromatic N) is 2. The molecule has 3 aliphatic carbocycles. The number of aromatic nitrogens is 1. The van der Waals surface area contributed by atoms with E-state index in [9.17, 15) is 36.0 Å². The third-order valence-corrected chi connectivity index (χ3v) is 16.2. The molecule has 3 amide bonds. The highest BCUT2D eigenvalue weighted by atomic mass is 32.2. The molecule has 1 aromatic carbocycles. The van der Waals surface area contributed by atoms with E-state index >= 15 is 0 Å². The van der Waals surface area contributed by atoms with Crippen LogP contribution in [-0.2, 0) is 30.8 Å². The Bertz CT molecular complexity index is 2160. The predicted octanol–water partition coefficient (Wildman–Crippen LogP) is 5.91. The molecule has 3 aliphatic heterocycles. The first-order valence-corrected chi connectivity index (χ1v) is 22.3. The number of amides is 3. The van der Waals surface area contributed by atoms with E-state index < -0.39 is 74.1 Å². The number of benzene rings is 1. The minimum absolute atomic E-state index is 0.00925. The highest BCUT2D eigenvalue weighted by Crippen LogP contribution is 2.57. The van der Waals surface area contributed by atoms with Crippen molar-refractivity contribution in [3.05, 3.63) is 41.6 Å². The van der Waals surface area contributed by atoms with Crippen molar-refractivity contribution in [1.82, 2.24) is 25.2 Å². The van der Waals surface area contributed by atoms with Gasteiger partial charge in [-0.05, 0) is 103 Å². The Morgan fingerprint density at radius 3 is 2.54 bits per heavy atom. The van der Waals surface area contributed by atoms with E-state index in [0.29, 0.717) is 68.6 Å². The lowest BCUT2D eigenvalue weighted by molar-refractivity contribution is -0.196. The van der Waals surface area contributed by atoms with E-state index in [1.54, 1.807) is 14.0 Å². The number of nitrogens with one attached hydrogen (secondary N) is 3. The van der Waals surface area contributed by atoms with Crippen molar-refractivity contribution in [3.63, 3.8) is 0 Å². The largest absolute Gasteiger partial charge is 0.497 e. The maximum Gasteiger partial charge on any atom is 0.407 e. The number of methoxy groups -OCH3 is 1. The molecule has 2 aromatic rings. The van der Waals surface area contributed by atoms with Crippen LogP contribution in [-0.4, -0.2) is 97.2 Å². The predicted molar refractivity (Wildman–Crippen MR) is 211 cm³/mol. The second-order valence-corrected chi connectivity index (χ2v) is 20.3. The van der Waals surface area contributed by atoms with E-state index in [-0.39, 0.29) is 44.7 Å². The van der Waals surface area contributed by atoms with Crippen molar-refractivity contribution in [1.29, 1.82) is 0 Å². The second kappa shape index (κ2) is 15.1. The van der Waals surface area contributed by atoms with Gasteiger partial charge in [0.25, 0.3) is 0 Å². The summed E-state index contributed by atoms with van der Waals surface area (Å²) in [5.74, 6) is 0.0214. The van der Waals surface area contributed by atoms with Crippen LogP contribution in [0.3, 0.4) is 0 Å². The SMILES string of the molecule is COc1ccc2nc(C)c3c(c2c1)CCC1(CC2C(=O)NC4(CNS(=O)(=O)C5(C)CC5)CCC4C=CCCCCCC(NC(=O)OCC4(C(F)(F)F)CC4)C(=O)N2C1)O3. The molecule has 6 aliphatic rings. The maximum atomic E-state index is 14.8. The van der Waals surface area contributed by atoms with E-state index in [1.807, 2.05) is 31.2 Å². The van der Waals surface area contributed by atoms with E-state index in [1.165, 1.54) is 4.90 Å². The lowest BCUT2D eigenvalue weighted by atomic mass is 9.66. The Morgan fingerprint density at radius 2 is 1.86 bits per heavy atom. The smallest absolute Gasteiger partial charge is 0.407 e. The summed E-state index contributed by atoms with van der Waals surface area (Å²) in [5.41, 5.74) is -1.70. The molecule has 0 radical (unpaired) electrons. The summed E-state index contributed by atoms with van der Waals surface area (Å²) in [5, 5.41) is 6.67. The van der Waals surface area contributed by atoms with Crippen LogP contribution in [0.5, 0.6) is 11.5 Å². The van der Waals surface area contributed by atoms with Crippen LogP contribution in [0.4, 0.5) is 18.0 Å². The fourth-order valence-electron chi connectivity index (χ4n) is 9.31. The molecule has 5 unspecified atom stereocenters. The molecule has 4 fully saturated rings. The zero-order valence-electron chi connectivity index (χ0n) is 33.8. The molecule has 17 heteroatoms. The van der Waals surface area contributed by atoms with Gasteiger partial charge in [0.15, 0.2) is 0 Å². The van der Waals surface area contributed by atoms with Crippen LogP contribution in [0.2, 0.25) is 0 Å². The van der Waals surface area contributed by atoms with Gasteiger partial charge in [0, 0.05) is 29.8 Å². The zero-order chi connectivity index (χ0) is 42.0. The third kappa shape index (κ3) is 7.85. The van der Waals surface area contributed by atoms with Crippen LogP contribution in [0.1, 0.15) is 102 Å². The van der Waals surface area contributed by atoms with E-state index in [4.69, 9.17) is 19.2 Å². The molecular formula is C42H54F3N5O8S. The molecule has 8 rings (SSSR count).